The van der Waals surface area contributed by atoms with E-state index in [0.717, 1.165) is 6.42 Å². The monoisotopic (exact) mass is 575 g/mol. The molecule has 1 fully saturated rings. The van der Waals surface area contributed by atoms with E-state index in [2.05, 4.69) is 5.32 Å². The number of rotatable bonds is 6. The first-order valence-corrected chi connectivity index (χ1v) is 13.7. The van der Waals surface area contributed by atoms with Crippen LogP contribution < -0.4 is 16.0 Å². The number of hydrogen-bond acceptors (Lipinski definition) is 9. The van der Waals surface area contributed by atoms with Crippen LogP contribution in [0.3, 0.4) is 0 Å². The number of aliphatic hydroxyl groups is 3. The molecule has 0 bridgehead atoms. The highest BCUT2D eigenvalue weighted by molar-refractivity contribution is 6.22. The molecular formula is C31H33N3O8. The summed E-state index contributed by atoms with van der Waals surface area (Å²) in [5.41, 5.74) is 4.18. The summed E-state index contributed by atoms with van der Waals surface area (Å²) in [6.45, 7) is 2.49. The van der Waals surface area contributed by atoms with Crippen molar-refractivity contribution in [1.29, 1.82) is 0 Å². The van der Waals surface area contributed by atoms with Crippen molar-refractivity contribution in [2.24, 2.45) is 17.6 Å². The van der Waals surface area contributed by atoms with Gasteiger partial charge in [0.05, 0.1) is 5.56 Å². The maximum absolute atomic E-state index is 13.8. The van der Waals surface area contributed by atoms with Gasteiger partial charge in [0.2, 0.25) is 5.78 Å². The Bertz CT molecular complexity index is 1600. The van der Waals surface area contributed by atoms with Crippen LogP contribution in [0, 0.1) is 11.8 Å². The molecule has 3 aliphatic rings. The van der Waals surface area contributed by atoms with E-state index >= 15 is 0 Å². The number of benzene rings is 2. The maximum Gasteiger partial charge on any atom is 0.255 e. The molecule has 0 spiro atoms. The average molecular weight is 576 g/mol. The molecule has 0 heterocycles. The van der Waals surface area contributed by atoms with E-state index in [1.165, 1.54) is 0 Å². The SMILES string of the molecule is CCCNC(=O)c1ccc(-c2cc(N(C)C)c3c(c2O)C(O)=C2C(=O)[C@]4(O)C(O)=C(C(N)=O)C(=O)C[C@@H]4C[C@@H]2C3)cc1. The van der Waals surface area contributed by atoms with Crippen LogP contribution >= 0.6 is 0 Å². The number of hydrogen-bond donors (Lipinski definition) is 6. The molecule has 0 aliphatic heterocycles. The molecule has 1 saturated carbocycles. The van der Waals surface area contributed by atoms with E-state index in [-0.39, 0.29) is 42.1 Å². The van der Waals surface area contributed by atoms with Crippen LogP contribution in [0.5, 0.6) is 5.75 Å². The molecule has 42 heavy (non-hydrogen) atoms. The second kappa shape index (κ2) is 10.3. The number of nitrogens with one attached hydrogen (secondary N) is 1. The number of primary amides is 1. The van der Waals surface area contributed by atoms with E-state index in [0.29, 0.717) is 34.5 Å². The van der Waals surface area contributed by atoms with Crippen LogP contribution in [0.1, 0.15) is 47.7 Å². The number of phenols is 1. The maximum atomic E-state index is 13.8. The Labute approximate surface area is 241 Å². The first kappa shape index (κ1) is 28.9. The summed E-state index contributed by atoms with van der Waals surface area (Å²) in [6.07, 6.45) is 0.673. The Kier molecular flexibility index (Phi) is 7.10. The smallest absolute Gasteiger partial charge is 0.255 e. The predicted molar refractivity (Wildman–Crippen MR) is 154 cm³/mol. The van der Waals surface area contributed by atoms with Gasteiger partial charge in [0.15, 0.2) is 11.4 Å². The van der Waals surface area contributed by atoms with Crippen molar-refractivity contribution in [3.8, 4) is 16.9 Å². The van der Waals surface area contributed by atoms with Gasteiger partial charge in [0, 0.05) is 55.4 Å². The van der Waals surface area contributed by atoms with Crippen LogP contribution in [0.2, 0.25) is 0 Å². The van der Waals surface area contributed by atoms with Gasteiger partial charge in [-0.15, -0.1) is 0 Å². The summed E-state index contributed by atoms with van der Waals surface area (Å²) in [7, 11) is 3.60. The van der Waals surface area contributed by atoms with E-state index < -0.39 is 52.0 Å². The lowest BCUT2D eigenvalue weighted by Crippen LogP contribution is -2.58. The number of Topliss-reactive ketones (excluding diaryl/α,β-unsaturated/α-hetero) is 2. The summed E-state index contributed by atoms with van der Waals surface area (Å²) >= 11 is 0. The minimum absolute atomic E-state index is 0.00750. The standard InChI is InChI=1S/C31H33N3O8/c1-4-9-33-30(41)15-7-5-14(6-8-15)18-13-20(34(2)3)19-11-16-10-17-12-21(35)24(29(32)40)28(39)31(17,42)27(38)22(16)26(37)23(19)25(18)36/h5-8,13,16-17,36-37,39,42H,4,9-12H2,1-3H3,(H2,32,40)(H,33,41)/t16-,17+,31+/m1/s1. The number of ketones is 2. The summed E-state index contributed by atoms with van der Waals surface area (Å²) < 4.78 is 0. The van der Waals surface area contributed by atoms with E-state index in [4.69, 9.17) is 5.73 Å². The average Bonchev–Trinajstić information content (AvgIpc) is 2.93. The Morgan fingerprint density at radius 3 is 2.36 bits per heavy atom. The van der Waals surface area contributed by atoms with Crippen molar-refractivity contribution in [2.75, 3.05) is 25.5 Å². The molecule has 3 atom stereocenters. The molecule has 5 rings (SSSR count). The fourth-order valence-electron chi connectivity index (χ4n) is 6.43. The number of amides is 2. The van der Waals surface area contributed by atoms with Gasteiger partial charge in [-0.3, -0.25) is 19.2 Å². The normalized spacial score (nSPS) is 23.2. The Morgan fingerprint density at radius 1 is 1.10 bits per heavy atom. The molecule has 7 N–H and O–H groups in total. The summed E-state index contributed by atoms with van der Waals surface area (Å²) in [6, 6.07) is 8.35. The quantitative estimate of drug-likeness (QED) is 0.281. The number of nitrogens with zero attached hydrogens (tertiary/aromatic N) is 1. The van der Waals surface area contributed by atoms with Crippen LogP contribution in [0.15, 0.2) is 47.2 Å². The number of nitrogens with two attached hydrogens (primary N) is 1. The second-order valence-corrected chi connectivity index (χ2v) is 11.3. The molecular weight excluding hydrogens is 542 g/mol. The number of aliphatic hydroxyl groups excluding tert-OH is 2. The van der Waals surface area contributed by atoms with E-state index in [1.54, 1.807) is 44.4 Å². The summed E-state index contributed by atoms with van der Waals surface area (Å²) in [4.78, 5) is 52.4. The minimum Gasteiger partial charge on any atom is -0.508 e. The van der Waals surface area contributed by atoms with Crippen molar-refractivity contribution in [1.82, 2.24) is 5.32 Å². The highest BCUT2D eigenvalue weighted by Crippen LogP contribution is 2.54. The Balaban J connectivity index is 1.65. The molecule has 0 saturated heterocycles. The topological polar surface area (TPSA) is 190 Å². The van der Waals surface area contributed by atoms with Gasteiger partial charge in [0.25, 0.3) is 11.8 Å². The van der Waals surface area contributed by atoms with Gasteiger partial charge in [-0.25, -0.2) is 0 Å². The van der Waals surface area contributed by atoms with Crippen molar-refractivity contribution in [3.63, 3.8) is 0 Å². The molecule has 11 heteroatoms. The van der Waals surface area contributed by atoms with E-state index in [9.17, 15) is 39.6 Å². The lowest BCUT2D eigenvalue weighted by molar-refractivity contribution is -0.147. The van der Waals surface area contributed by atoms with Crippen molar-refractivity contribution >= 4 is 34.8 Å². The molecule has 2 aromatic rings. The number of phenolic OH excluding ortho intramolecular Hbond substituents is 1. The zero-order chi connectivity index (χ0) is 30.7. The van der Waals surface area contributed by atoms with Crippen LogP contribution in [-0.4, -0.2) is 70.0 Å². The fourth-order valence-corrected chi connectivity index (χ4v) is 6.43. The highest BCUT2D eigenvalue weighted by atomic mass is 16.3. The van der Waals surface area contributed by atoms with E-state index in [1.807, 2.05) is 11.8 Å². The van der Waals surface area contributed by atoms with Crippen LogP contribution in [-0.2, 0) is 20.8 Å². The first-order chi connectivity index (χ1) is 19.8. The minimum atomic E-state index is -2.62. The van der Waals surface area contributed by atoms with Gasteiger partial charge in [-0.05, 0) is 54.5 Å². The van der Waals surface area contributed by atoms with Gasteiger partial charge >= 0.3 is 0 Å². The van der Waals surface area contributed by atoms with Crippen LogP contribution in [0.4, 0.5) is 5.69 Å². The molecule has 2 amide bonds. The van der Waals surface area contributed by atoms with Crippen LogP contribution in [0.25, 0.3) is 16.9 Å². The summed E-state index contributed by atoms with van der Waals surface area (Å²) in [5, 5.41) is 48.1. The molecule has 0 unspecified atom stereocenters. The summed E-state index contributed by atoms with van der Waals surface area (Å²) in [5.74, 6) is -6.94. The zero-order valence-corrected chi connectivity index (χ0v) is 23.5. The van der Waals surface area contributed by atoms with Gasteiger partial charge in [0.1, 0.15) is 22.8 Å². The zero-order valence-electron chi connectivity index (χ0n) is 23.5. The molecule has 2 aromatic carbocycles. The lowest BCUT2D eigenvalue weighted by atomic mass is 9.59. The Hall–Kier alpha value is -4.64. The number of carbonyl (C=O) groups excluding carboxylic acids is 4. The lowest BCUT2D eigenvalue weighted by Gasteiger charge is -2.46. The third kappa shape index (κ3) is 4.23. The third-order valence-corrected chi connectivity index (χ3v) is 8.52. The molecule has 220 valence electrons. The number of fused-ring (bicyclic) bond motifs is 3. The molecule has 3 aliphatic carbocycles. The number of carbonyl (C=O) groups is 4. The van der Waals surface area contributed by atoms with Gasteiger partial charge in [-0.2, -0.15) is 0 Å². The molecule has 0 aromatic heterocycles. The fraction of sp³-hybridized carbons (Fsp3) is 0.355. The Morgan fingerprint density at radius 2 is 1.76 bits per heavy atom. The van der Waals surface area contributed by atoms with Gasteiger partial charge in [-0.1, -0.05) is 19.1 Å². The van der Waals surface area contributed by atoms with Crippen molar-refractivity contribution in [2.45, 2.75) is 38.2 Å². The van der Waals surface area contributed by atoms with Crippen molar-refractivity contribution in [3.05, 3.63) is 63.9 Å². The number of aromatic hydroxyl groups is 1. The highest BCUT2D eigenvalue weighted by Gasteiger charge is 2.60. The van der Waals surface area contributed by atoms with Crippen molar-refractivity contribution < 1.29 is 39.6 Å². The second-order valence-electron chi connectivity index (χ2n) is 11.3. The molecule has 0 radical (unpaired) electrons. The molecule has 11 nitrogen and oxygen atoms in total. The van der Waals surface area contributed by atoms with Gasteiger partial charge < -0.3 is 36.4 Å². The third-order valence-electron chi connectivity index (χ3n) is 8.52. The largest absolute Gasteiger partial charge is 0.508 e. The predicted octanol–water partition coefficient (Wildman–Crippen LogP) is 2.30. The first-order valence-electron chi connectivity index (χ1n) is 13.7. The number of anilines is 1.